The van der Waals surface area contributed by atoms with Gasteiger partial charge in [-0.15, -0.1) is 0 Å². The number of nitrogens with zero attached hydrogens (tertiary/aromatic N) is 1. The van der Waals surface area contributed by atoms with Gasteiger partial charge in [0.05, 0.1) is 5.56 Å². The van der Waals surface area contributed by atoms with Gasteiger partial charge < -0.3 is 5.11 Å². The van der Waals surface area contributed by atoms with E-state index in [1.165, 1.54) is 6.07 Å². The second-order valence-electron chi connectivity index (χ2n) is 3.75. The van der Waals surface area contributed by atoms with Gasteiger partial charge in [-0.3, -0.25) is 4.98 Å². The average molecular weight is 248 g/mol. The molecule has 0 spiro atoms. The smallest absolute Gasteiger partial charge is 0.336 e. The van der Waals surface area contributed by atoms with Crippen LogP contribution < -0.4 is 0 Å². The summed E-state index contributed by atoms with van der Waals surface area (Å²) in [5.41, 5.74) is 2.57. The first-order valence-electron chi connectivity index (χ1n) is 5.03. The van der Waals surface area contributed by atoms with Gasteiger partial charge in [0.25, 0.3) is 0 Å². The zero-order valence-electron chi connectivity index (χ0n) is 9.14. The van der Waals surface area contributed by atoms with Crippen LogP contribution >= 0.6 is 11.6 Å². The maximum Gasteiger partial charge on any atom is 0.336 e. The van der Waals surface area contributed by atoms with Crippen LogP contribution in [0.3, 0.4) is 0 Å². The standard InChI is InChI=1S/C13H10ClNO2/c1-8-4-9(7-15-6-8)11-3-2-10(14)5-12(11)13(16)17/h2-7H,1H3,(H,16,17). The van der Waals surface area contributed by atoms with Crippen molar-refractivity contribution in [1.82, 2.24) is 4.98 Å². The van der Waals surface area contributed by atoms with Crippen molar-refractivity contribution in [1.29, 1.82) is 0 Å². The second-order valence-corrected chi connectivity index (χ2v) is 4.18. The fourth-order valence-electron chi connectivity index (χ4n) is 1.65. The monoisotopic (exact) mass is 247 g/mol. The number of carbonyl (C=O) groups is 1. The number of benzene rings is 1. The van der Waals surface area contributed by atoms with Gasteiger partial charge in [0.2, 0.25) is 0 Å². The highest BCUT2D eigenvalue weighted by atomic mass is 35.5. The largest absolute Gasteiger partial charge is 0.478 e. The molecule has 0 amide bonds. The number of aryl methyl sites for hydroxylation is 1. The minimum Gasteiger partial charge on any atom is -0.478 e. The zero-order valence-corrected chi connectivity index (χ0v) is 9.90. The van der Waals surface area contributed by atoms with Crippen LogP contribution in [0.1, 0.15) is 15.9 Å². The van der Waals surface area contributed by atoms with Crippen LogP contribution in [0.2, 0.25) is 5.02 Å². The Balaban J connectivity index is 2.63. The molecule has 2 aromatic rings. The first-order valence-corrected chi connectivity index (χ1v) is 5.40. The molecule has 0 saturated heterocycles. The van der Waals surface area contributed by atoms with Crippen molar-refractivity contribution in [2.45, 2.75) is 6.92 Å². The third-order valence-corrected chi connectivity index (χ3v) is 2.63. The summed E-state index contributed by atoms with van der Waals surface area (Å²) in [6.07, 6.45) is 3.36. The van der Waals surface area contributed by atoms with E-state index in [1.54, 1.807) is 24.5 Å². The first-order chi connectivity index (χ1) is 8.08. The van der Waals surface area contributed by atoms with Gasteiger partial charge in [-0.1, -0.05) is 17.7 Å². The third kappa shape index (κ3) is 2.45. The number of aromatic nitrogens is 1. The topological polar surface area (TPSA) is 50.2 Å². The fourth-order valence-corrected chi connectivity index (χ4v) is 1.82. The van der Waals surface area contributed by atoms with Crippen LogP contribution in [0.5, 0.6) is 0 Å². The van der Waals surface area contributed by atoms with Crippen molar-refractivity contribution < 1.29 is 9.90 Å². The summed E-state index contributed by atoms with van der Waals surface area (Å²) in [6.45, 7) is 1.91. The Morgan fingerprint density at radius 1 is 1.29 bits per heavy atom. The first kappa shape index (κ1) is 11.6. The molecular formula is C13H10ClNO2. The van der Waals surface area contributed by atoms with Crippen LogP contribution in [0.25, 0.3) is 11.1 Å². The Morgan fingerprint density at radius 2 is 2.06 bits per heavy atom. The predicted molar refractivity (Wildman–Crippen MR) is 66.4 cm³/mol. The number of rotatable bonds is 2. The molecule has 1 aromatic heterocycles. The van der Waals surface area contributed by atoms with E-state index in [9.17, 15) is 4.79 Å². The van der Waals surface area contributed by atoms with Crippen molar-refractivity contribution in [3.63, 3.8) is 0 Å². The molecule has 0 unspecified atom stereocenters. The van der Waals surface area contributed by atoms with Crippen LogP contribution in [0, 0.1) is 6.92 Å². The molecule has 0 radical (unpaired) electrons. The second kappa shape index (κ2) is 4.55. The van der Waals surface area contributed by atoms with E-state index in [0.717, 1.165) is 11.1 Å². The molecule has 86 valence electrons. The minimum atomic E-state index is -0.996. The number of carboxylic acids is 1. The molecule has 0 atom stereocenters. The molecule has 0 saturated carbocycles. The molecule has 0 aliphatic rings. The summed E-state index contributed by atoms with van der Waals surface area (Å²) < 4.78 is 0. The summed E-state index contributed by atoms with van der Waals surface area (Å²) >= 11 is 5.80. The van der Waals surface area contributed by atoms with Crippen molar-refractivity contribution >= 4 is 17.6 Å². The predicted octanol–water partition coefficient (Wildman–Crippen LogP) is 3.41. The maximum atomic E-state index is 11.2. The Hall–Kier alpha value is -1.87. The summed E-state index contributed by atoms with van der Waals surface area (Å²) in [5.74, 6) is -0.996. The summed E-state index contributed by atoms with van der Waals surface area (Å²) in [7, 11) is 0. The number of hydrogen-bond donors (Lipinski definition) is 1. The van der Waals surface area contributed by atoms with Crippen LogP contribution in [-0.4, -0.2) is 16.1 Å². The van der Waals surface area contributed by atoms with E-state index in [-0.39, 0.29) is 5.56 Å². The quantitative estimate of drug-likeness (QED) is 0.885. The lowest BCUT2D eigenvalue weighted by atomic mass is 10.0. The van der Waals surface area contributed by atoms with Crippen LogP contribution in [-0.2, 0) is 0 Å². The molecule has 2 rings (SSSR count). The highest BCUT2D eigenvalue weighted by Gasteiger charge is 2.12. The Kier molecular flexibility index (Phi) is 3.11. The van der Waals surface area contributed by atoms with Gasteiger partial charge in [-0.25, -0.2) is 4.79 Å². The lowest BCUT2D eigenvalue weighted by molar-refractivity contribution is 0.0697. The van der Waals surface area contributed by atoms with E-state index < -0.39 is 5.97 Å². The summed E-state index contributed by atoms with van der Waals surface area (Å²) in [5, 5.41) is 9.55. The highest BCUT2D eigenvalue weighted by molar-refractivity contribution is 6.31. The number of hydrogen-bond acceptors (Lipinski definition) is 2. The van der Waals surface area contributed by atoms with Gasteiger partial charge in [-0.2, -0.15) is 0 Å². The van der Waals surface area contributed by atoms with Gasteiger partial charge in [0.15, 0.2) is 0 Å². The van der Waals surface area contributed by atoms with Crippen molar-refractivity contribution in [3.05, 3.63) is 52.8 Å². The SMILES string of the molecule is Cc1cncc(-c2ccc(Cl)cc2C(=O)O)c1. The number of halogens is 1. The lowest BCUT2D eigenvalue weighted by Gasteiger charge is -2.07. The van der Waals surface area contributed by atoms with E-state index in [0.29, 0.717) is 10.6 Å². The molecule has 4 heteroatoms. The summed E-state index contributed by atoms with van der Waals surface area (Å²) in [6, 6.07) is 6.71. The van der Waals surface area contributed by atoms with E-state index in [4.69, 9.17) is 16.7 Å². The van der Waals surface area contributed by atoms with Crippen molar-refractivity contribution in [2.24, 2.45) is 0 Å². The molecule has 0 aliphatic carbocycles. The molecule has 0 fully saturated rings. The number of pyridine rings is 1. The van der Waals surface area contributed by atoms with Crippen LogP contribution in [0.4, 0.5) is 0 Å². The molecule has 1 N–H and O–H groups in total. The minimum absolute atomic E-state index is 0.185. The molecule has 1 aromatic carbocycles. The van der Waals surface area contributed by atoms with Gasteiger partial charge in [0, 0.05) is 23.0 Å². The highest BCUT2D eigenvalue weighted by Crippen LogP contribution is 2.26. The summed E-state index contributed by atoms with van der Waals surface area (Å²) in [4.78, 5) is 15.2. The van der Waals surface area contributed by atoms with Gasteiger partial charge in [0.1, 0.15) is 0 Å². The van der Waals surface area contributed by atoms with E-state index in [2.05, 4.69) is 4.98 Å². The molecule has 1 heterocycles. The molecule has 0 aliphatic heterocycles. The maximum absolute atomic E-state index is 11.2. The lowest BCUT2D eigenvalue weighted by Crippen LogP contribution is -1.99. The third-order valence-electron chi connectivity index (χ3n) is 2.40. The molecule has 3 nitrogen and oxygen atoms in total. The molecule has 0 bridgehead atoms. The fraction of sp³-hybridized carbons (Fsp3) is 0.0769. The zero-order chi connectivity index (χ0) is 12.4. The average Bonchev–Trinajstić information content (AvgIpc) is 2.28. The van der Waals surface area contributed by atoms with E-state index in [1.807, 2.05) is 13.0 Å². The van der Waals surface area contributed by atoms with E-state index >= 15 is 0 Å². The molecular weight excluding hydrogens is 238 g/mol. The van der Waals surface area contributed by atoms with Gasteiger partial charge >= 0.3 is 5.97 Å². The number of aromatic carboxylic acids is 1. The number of carboxylic acid groups (broad SMARTS) is 1. The Bertz CT molecular complexity index is 581. The van der Waals surface area contributed by atoms with Crippen molar-refractivity contribution in [2.75, 3.05) is 0 Å². The van der Waals surface area contributed by atoms with Gasteiger partial charge in [-0.05, 0) is 36.2 Å². The Morgan fingerprint density at radius 3 is 2.71 bits per heavy atom. The normalized spacial score (nSPS) is 10.2. The molecule has 17 heavy (non-hydrogen) atoms. The van der Waals surface area contributed by atoms with Crippen molar-refractivity contribution in [3.8, 4) is 11.1 Å². The Labute approximate surface area is 104 Å². The van der Waals surface area contributed by atoms with Crippen LogP contribution in [0.15, 0.2) is 36.7 Å².